The molecule has 0 aliphatic rings. The highest BCUT2D eigenvalue weighted by molar-refractivity contribution is 7.99. The average Bonchev–Trinajstić information content (AvgIpc) is 2.02. The molecule has 0 saturated carbocycles. The second kappa shape index (κ2) is 4.13. The number of hydrogen-bond donors (Lipinski definition) is 1. The van der Waals surface area contributed by atoms with Gasteiger partial charge in [-0.25, -0.2) is 0 Å². The van der Waals surface area contributed by atoms with Gasteiger partial charge in [-0.1, -0.05) is 6.92 Å². The fourth-order valence-corrected chi connectivity index (χ4v) is 1.74. The first-order valence-electron chi connectivity index (χ1n) is 3.97. The van der Waals surface area contributed by atoms with Crippen LogP contribution in [-0.4, -0.2) is 10.9 Å². The summed E-state index contributed by atoms with van der Waals surface area (Å²) >= 11 is 1.26. The van der Waals surface area contributed by atoms with Crippen molar-refractivity contribution in [1.82, 2.24) is 0 Å². The molecule has 1 aromatic rings. The number of thioether (sulfide) groups is 1. The van der Waals surface area contributed by atoms with Crippen LogP contribution in [0.1, 0.15) is 12.5 Å². The number of rotatable bonds is 2. The lowest BCUT2D eigenvalue weighted by Crippen LogP contribution is -2.04. The number of alkyl halides is 3. The summed E-state index contributed by atoms with van der Waals surface area (Å²) < 4.78 is 36.8. The number of phenolic OH excluding ortho intramolecular Hbond substituents is 1. The Morgan fingerprint density at radius 3 is 2.43 bits per heavy atom. The van der Waals surface area contributed by atoms with Crippen LogP contribution in [0.2, 0.25) is 0 Å². The molecular formula is C9H9F3OS. The predicted molar refractivity (Wildman–Crippen MR) is 49.5 cm³/mol. The van der Waals surface area contributed by atoms with E-state index >= 15 is 0 Å². The fourth-order valence-electron chi connectivity index (χ4n) is 0.997. The quantitative estimate of drug-likeness (QED) is 0.772. The summed E-state index contributed by atoms with van der Waals surface area (Å²) in [6.07, 6.45) is -4.40. The maximum atomic E-state index is 12.3. The van der Waals surface area contributed by atoms with Crippen LogP contribution in [0.5, 0.6) is 5.75 Å². The van der Waals surface area contributed by atoms with Crippen LogP contribution in [-0.2, 0) is 6.18 Å². The zero-order chi connectivity index (χ0) is 10.8. The molecule has 0 aliphatic carbocycles. The molecule has 0 spiro atoms. The Labute approximate surface area is 83.9 Å². The lowest BCUT2D eigenvalue weighted by molar-refractivity contribution is -0.137. The molecule has 0 atom stereocenters. The Morgan fingerprint density at radius 1 is 1.29 bits per heavy atom. The highest BCUT2D eigenvalue weighted by Gasteiger charge is 2.31. The van der Waals surface area contributed by atoms with Crippen LogP contribution in [0, 0.1) is 0 Å². The highest BCUT2D eigenvalue weighted by atomic mass is 32.2. The number of phenols is 1. The summed E-state index contributed by atoms with van der Waals surface area (Å²) in [5.41, 5.74) is -0.812. The molecule has 14 heavy (non-hydrogen) atoms. The average molecular weight is 222 g/mol. The molecular weight excluding hydrogens is 213 g/mol. The van der Waals surface area contributed by atoms with Crippen molar-refractivity contribution >= 4 is 11.8 Å². The number of benzene rings is 1. The second-order valence-corrected chi connectivity index (χ2v) is 3.98. The molecule has 1 rings (SSSR count). The molecule has 0 saturated heterocycles. The molecule has 1 aromatic carbocycles. The maximum Gasteiger partial charge on any atom is 0.416 e. The number of halogens is 3. The van der Waals surface area contributed by atoms with Gasteiger partial charge in [-0.3, -0.25) is 0 Å². The summed E-state index contributed by atoms with van der Waals surface area (Å²) in [4.78, 5) is 0.430. The Bertz CT molecular complexity index is 322. The van der Waals surface area contributed by atoms with E-state index < -0.39 is 11.7 Å². The van der Waals surface area contributed by atoms with Gasteiger partial charge in [0.2, 0.25) is 0 Å². The minimum atomic E-state index is -4.40. The maximum absolute atomic E-state index is 12.3. The Kier molecular flexibility index (Phi) is 3.31. The highest BCUT2D eigenvalue weighted by Crippen LogP contribution is 2.34. The Balaban J connectivity index is 3.07. The van der Waals surface area contributed by atoms with Crippen LogP contribution in [0.3, 0.4) is 0 Å². The first kappa shape index (κ1) is 11.2. The third-order valence-electron chi connectivity index (χ3n) is 1.53. The molecule has 0 unspecified atom stereocenters. The topological polar surface area (TPSA) is 20.2 Å². The molecule has 1 nitrogen and oxygen atoms in total. The van der Waals surface area contributed by atoms with E-state index in [4.69, 9.17) is 5.11 Å². The zero-order valence-corrected chi connectivity index (χ0v) is 8.25. The zero-order valence-electron chi connectivity index (χ0n) is 7.43. The standard InChI is InChI=1S/C9H9F3OS/c1-2-14-8-4-6(9(10,11)12)3-7(13)5-8/h3-5,13H,2H2,1H3. The van der Waals surface area contributed by atoms with E-state index in [1.54, 1.807) is 0 Å². The molecule has 0 radical (unpaired) electrons. The van der Waals surface area contributed by atoms with Gasteiger partial charge in [0, 0.05) is 4.90 Å². The monoisotopic (exact) mass is 222 g/mol. The van der Waals surface area contributed by atoms with Gasteiger partial charge in [-0.15, -0.1) is 11.8 Å². The van der Waals surface area contributed by atoms with E-state index in [0.717, 1.165) is 12.1 Å². The van der Waals surface area contributed by atoms with E-state index in [2.05, 4.69) is 0 Å². The van der Waals surface area contributed by atoms with Crippen molar-refractivity contribution in [2.24, 2.45) is 0 Å². The molecule has 0 fully saturated rings. The molecule has 0 amide bonds. The van der Waals surface area contributed by atoms with E-state index in [1.165, 1.54) is 17.8 Å². The molecule has 0 bridgehead atoms. The fraction of sp³-hybridized carbons (Fsp3) is 0.333. The first-order chi connectivity index (χ1) is 6.43. The number of hydrogen-bond acceptors (Lipinski definition) is 2. The van der Waals surface area contributed by atoms with Crippen molar-refractivity contribution in [3.05, 3.63) is 23.8 Å². The summed E-state index contributed by atoms with van der Waals surface area (Å²) in [7, 11) is 0. The molecule has 0 aromatic heterocycles. The van der Waals surface area contributed by atoms with Crippen LogP contribution in [0.25, 0.3) is 0 Å². The van der Waals surface area contributed by atoms with E-state index in [-0.39, 0.29) is 5.75 Å². The van der Waals surface area contributed by atoms with Crippen molar-refractivity contribution in [2.45, 2.75) is 18.0 Å². The smallest absolute Gasteiger partial charge is 0.416 e. The van der Waals surface area contributed by atoms with Gasteiger partial charge in [0.15, 0.2) is 0 Å². The summed E-state index contributed by atoms with van der Waals surface area (Å²) in [5.74, 6) is 0.316. The van der Waals surface area contributed by atoms with Gasteiger partial charge < -0.3 is 5.11 Å². The summed E-state index contributed by atoms with van der Waals surface area (Å²) in [5, 5.41) is 9.07. The van der Waals surface area contributed by atoms with Crippen molar-refractivity contribution in [3.8, 4) is 5.75 Å². The predicted octanol–water partition coefficient (Wildman–Crippen LogP) is 3.52. The van der Waals surface area contributed by atoms with Crippen molar-refractivity contribution in [3.63, 3.8) is 0 Å². The lowest BCUT2D eigenvalue weighted by atomic mass is 10.2. The third-order valence-corrected chi connectivity index (χ3v) is 2.39. The van der Waals surface area contributed by atoms with Gasteiger partial charge in [-0.2, -0.15) is 13.2 Å². The normalized spacial score (nSPS) is 11.7. The van der Waals surface area contributed by atoms with Gasteiger partial charge in [0.05, 0.1) is 5.56 Å². The Morgan fingerprint density at radius 2 is 1.93 bits per heavy atom. The summed E-state index contributed by atoms with van der Waals surface area (Å²) in [6, 6.07) is 3.08. The first-order valence-corrected chi connectivity index (χ1v) is 4.96. The third kappa shape index (κ3) is 2.83. The molecule has 78 valence electrons. The molecule has 1 N–H and O–H groups in total. The number of aromatic hydroxyl groups is 1. The Hall–Kier alpha value is -0.840. The van der Waals surface area contributed by atoms with E-state index in [9.17, 15) is 13.2 Å². The molecule has 5 heteroatoms. The van der Waals surface area contributed by atoms with Crippen LogP contribution in [0.4, 0.5) is 13.2 Å². The SMILES string of the molecule is CCSc1cc(O)cc(C(F)(F)F)c1. The lowest BCUT2D eigenvalue weighted by Gasteiger charge is -2.08. The van der Waals surface area contributed by atoms with Gasteiger partial charge >= 0.3 is 6.18 Å². The molecule has 0 heterocycles. The molecule has 0 aliphatic heterocycles. The largest absolute Gasteiger partial charge is 0.508 e. The van der Waals surface area contributed by atoms with Gasteiger partial charge in [0.25, 0.3) is 0 Å². The van der Waals surface area contributed by atoms with E-state index in [0.29, 0.717) is 10.6 Å². The van der Waals surface area contributed by atoms with Crippen LogP contribution >= 0.6 is 11.8 Å². The van der Waals surface area contributed by atoms with Crippen molar-refractivity contribution in [2.75, 3.05) is 5.75 Å². The summed E-state index contributed by atoms with van der Waals surface area (Å²) in [6.45, 7) is 1.84. The minimum absolute atomic E-state index is 0.351. The minimum Gasteiger partial charge on any atom is -0.508 e. The van der Waals surface area contributed by atoms with Crippen molar-refractivity contribution in [1.29, 1.82) is 0 Å². The second-order valence-electron chi connectivity index (χ2n) is 2.65. The van der Waals surface area contributed by atoms with Crippen LogP contribution in [0.15, 0.2) is 23.1 Å². The van der Waals surface area contributed by atoms with Gasteiger partial charge in [-0.05, 0) is 24.0 Å². The van der Waals surface area contributed by atoms with Gasteiger partial charge in [0.1, 0.15) is 5.75 Å². The van der Waals surface area contributed by atoms with Crippen LogP contribution < -0.4 is 0 Å². The van der Waals surface area contributed by atoms with Crippen molar-refractivity contribution < 1.29 is 18.3 Å². The van der Waals surface area contributed by atoms with E-state index in [1.807, 2.05) is 6.92 Å².